The fourth-order valence-corrected chi connectivity index (χ4v) is 2.04. The highest BCUT2D eigenvalue weighted by Gasteiger charge is 2.13. The Labute approximate surface area is 115 Å². The van der Waals surface area contributed by atoms with Crippen molar-refractivity contribution < 1.29 is 13.9 Å². The number of benzene rings is 2. The Morgan fingerprint density at radius 3 is 2.74 bits per heavy atom. The highest BCUT2D eigenvalue weighted by Crippen LogP contribution is 2.20. The van der Waals surface area contributed by atoms with Crippen LogP contribution < -0.4 is 0 Å². The first-order valence-electron chi connectivity index (χ1n) is 5.71. The summed E-state index contributed by atoms with van der Waals surface area (Å²) in [5, 5.41) is 0.461. The molecule has 0 unspecified atom stereocenters. The standard InChI is InChI=1S/C15H12ClFO2/c1-19-15(18)14-9-12(16)6-5-11(14)7-10-3-2-4-13(17)8-10/h2-6,8-9H,7H2,1H3. The van der Waals surface area contributed by atoms with Crippen LogP contribution in [0.5, 0.6) is 0 Å². The molecule has 0 saturated heterocycles. The second kappa shape index (κ2) is 5.85. The van der Waals surface area contributed by atoms with Crippen molar-refractivity contribution in [3.05, 3.63) is 70.0 Å². The van der Waals surface area contributed by atoms with Crippen molar-refractivity contribution in [2.24, 2.45) is 0 Å². The van der Waals surface area contributed by atoms with Crippen molar-refractivity contribution in [3.8, 4) is 0 Å². The largest absolute Gasteiger partial charge is 0.465 e. The van der Waals surface area contributed by atoms with Gasteiger partial charge in [0.2, 0.25) is 0 Å². The van der Waals surface area contributed by atoms with Gasteiger partial charge in [0.15, 0.2) is 0 Å². The summed E-state index contributed by atoms with van der Waals surface area (Å²) in [5.41, 5.74) is 1.94. The molecule has 0 atom stereocenters. The highest BCUT2D eigenvalue weighted by atomic mass is 35.5. The van der Waals surface area contributed by atoms with Crippen LogP contribution in [-0.4, -0.2) is 13.1 Å². The van der Waals surface area contributed by atoms with Gasteiger partial charge in [0.05, 0.1) is 12.7 Å². The molecule has 0 saturated carbocycles. The molecule has 2 aromatic rings. The van der Waals surface area contributed by atoms with E-state index in [0.717, 1.165) is 11.1 Å². The molecule has 0 aliphatic heterocycles. The van der Waals surface area contributed by atoms with Crippen LogP contribution in [0.15, 0.2) is 42.5 Å². The summed E-state index contributed by atoms with van der Waals surface area (Å²) in [4.78, 5) is 11.7. The van der Waals surface area contributed by atoms with Crippen LogP contribution >= 0.6 is 11.6 Å². The van der Waals surface area contributed by atoms with Gasteiger partial charge in [-0.05, 0) is 41.8 Å². The number of carbonyl (C=O) groups is 1. The fraction of sp³-hybridized carbons (Fsp3) is 0.133. The smallest absolute Gasteiger partial charge is 0.338 e. The second-order valence-electron chi connectivity index (χ2n) is 4.10. The molecule has 19 heavy (non-hydrogen) atoms. The molecule has 0 fully saturated rings. The normalized spacial score (nSPS) is 10.3. The Morgan fingerprint density at radius 2 is 2.05 bits per heavy atom. The van der Waals surface area contributed by atoms with Crippen molar-refractivity contribution in [2.75, 3.05) is 7.11 Å². The number of halogens is 2. The Hall–Kier alpha value is -1.87. The third kappa shape index (κ3) is 3.32. The first-order chi connectivity index (χ1) is 9.10. The number of rotatable bonds is 3. The number of ether oxygens (including phenoxy) is 1. The molecule has 2 rings (SSSR count). The monoisotopic (exact) mass is 278 g/mol. The molecule has 0 aliphatic rings. The SMILES string of the molecule is COC(=O)c1cc(Cl)ccc1Cc1cccc(F)c1. The zero-order valence-electron chi connectivity index (χ0n) is 10.3. The number of hydrogen-bond acceptors (Lipinski definition) is 2. The summed E-state index contributed by atoms with van der Waals surface area (Å²) in [6, 6.07) is 11.3. The molecule has 0 aliphatic carbocycles. The Balaban J connectivity index is 2.37. The summed E-state index contributed by atoms with van der Waals surface area (Å²) in [6.45, 7) is 0. The molecule has 0 radical (unpaired) electrons. The van der Waals surface area contributed by atoms with Crippen LogP contribution in [0.25, 0.3) is 0 Å². The average Bonchev–Trinajstić information content (AvgIpc) is 2.40. The van der Waals surface area contributed by atoms with Crippen molar-refractivity contribution in [3.63, 3.8) is 0 Å². The second-order valence-corrected chi connectivity index (χ2v) is 4.54. The van der Waals surface area contributed by atoms with Gasteiger partial charge in [-0.1, -0.05) is 29.8 Å². The van der Waals surface area contributed by atoms with Gasteiger partial charge in [-0.3, -0.25) is 0 Å². The van der Waals surface area contributed by atoms with Crippen molar-refractivity contribution in [2.45, 2.75) is 6.42 Å². The summed E-state index contributed by atoms with van der Waals surface area (Å²) < 4.78 is 17.9. The molecular formula is C15H12ClFO2. The zero-order chi connectivity index (χ0) is 13.8. The van der Waals surface area contributed by atoms with Gasteiger partial charge in [0.1, 0.15) is 5.82 Å². The predicted molar refractivity (Wildman–Crippen MR) is 72.0 cm³/mol. The number of methoxy groups -OCH3 is 1. The third-order valence-corrected chi connectivity index (χ3v) is 3.00. The maximum absolute atomic E-state index is 13.1. The van der Waals surface area contributed by atoms with Gasteiger partial charge in [0, 0.05) is 5.02 Å². The van der Waals surface area contributed by atoms with Crippen molar-refractivity contribution >= 4 is 17.6 Å². The van der Waals surface area contributed by atoms with Crippen molar-refractivity contribution in [1.82, 2.24) is 0 Å². The average molecular weight is 279 g/mol. The van der Waals surface area contributed by atoms with Crippen LogP contribution in [0.2, 0.25) is 5.02 Å². The van der Waals surface area contributed by atoms with Crippen LogP contribution in [0.4, 0.5) is 4.39 Å². The maximum atomic E-state index is 13.1. The van der Waals surface area contributed by atoms with Gasteiger partial charge in [0.25, 0.3) is 0 Å². The lowest BCUT2D eigenvalue weighted by molar-refractivity contribution is 0.0599. The predicted octanol–water partition coefficient (Wildman–Crippen LogP) is 3.86. The van der Waals surface area contributed by atoms with Gasteiger partial charge in [-0.2, -0.15) is 0 Å². The van der Waals surface area contributed by atoms with Crippen LogP contribution in [0.1, 0.15) is 21.5 Å². The fourth-order valence-electron chi connectivity index (χ4n) is 1.87. The lowest BCUT2D eigenvalue weighted by Crippen LogP contribution is -2.06. The molecule has 2 nitrogen and oxygen atoms in total. The van der Waals surface area contributed by atoms with Gasteiger partial charge in [-0.25, -0.2) is 9.18 Å². The van der Waals surface area contributed by atoms with E-state index < -0.39 is 5.97 Å². The topological polar surface area (TPSA) is 26.3 Å². The van der Waals surface area contributed by atoms with Crippen LogP contribution in [0.3, 0.4) is 0 Å². The Bertz CT molecular complexity index is 611. The van der Waals surface area contributed by atoms with E-state index in [1.807, 2.05) is 0 Å². The van der Waals surface area contributed by atoms with Gasteiger partial charge >= 0.3 is 5.97 Å². The van der Waals surface area contributed by atoms with E-state index in [-0.39, 0.29) is 5.82 Å². The molecule has 0 N–H and O–H groups in total. The van der Waals surface area contributed by atoms with E-state index >= 15 is 0 Å². The number of esters is 1. The van der Waals surface area contributed by atoms with E-state index in [4.69, 9.17) is 16.3 Å². The minimum absolute atomic E-state index is 0.300. The zero-order valence-corrected chi connectivity index (χ0v) is 11.1. The van der Waals surface area contributed by atoms with E-state index in [2.05, 4.69) is 0 Å². The summed E-state index contributed by atoms with van der Waals surface area (Å²) in [5.74, 6) is -0.750. The summed E-state index contributed by atoms with van der Waals surface area (Å²) in [6.07, 6.45) is 0.444. The van der Waals surface area contributed by atoms with E-state index in [1.54, 1.807) is 30.3 Å². The molecule has 0 aromatic heterocycles. The quantitative estimate of drug-likeness (QED) is 0.797. The molecule has 4 heteroatoms. The first kappa shape index (κ1) is 13.6. The Kier molecular flexibility index (Phi) is 4.17. The molecule has 0 spiro atoms. The molecule has 0 bridgehead atoms. The highest BCUT2D eigenvalue weighted by molar-refractivity contribution is 6.31. The minimum Gasteiger partial charge on any atom is -0.465 e. The van der Waals surface area contributed by atoms with Crippen LogP contribution in [-0.2, 0) is 11.2 Å². The van der Waals surface area contributed by atoms with Crippen LogP contribution in [0, 0.1) is 5.82 Å². The molecular weight excluding hydrogens is 267 g/mol. The minimum atomic E-state index is -0.450. The third-order valence-electron chi connectivity index (χ3n) is 2.76. The summed E-state index contributed by atoms with van der Waals surface area (Å²) >= 11 is 5.88. The molecule has 0 amide bonds. The van der Waals surface area contributed by atoms with E-state index in [1.165, 1.54) is 19.2 Å². The lowest BCUT2D eigenvalue weighted by Gasteiger charge is -2.08. The first-order valence-corrected chi connectivity index (χ1v) is 6.09. The molecule has 2 aromatic carbocycles. The van der Waals surface area contributed by atoms with Gasteiger partial charge < -0.3 is 4.74 Å². The Morgan fingerprint density at radius 1 is 1.26 bits per heavy atom. The molecule has 0 heterocycles. The van der Waals surface area contributed by atoms with Crippen molar-refractivity contribution in [1.29, 1.82) is 0 Å². The number of carbonyl (C=O) groups excluding carboxylic acids is 1. The van der Waals surface area contributed by atoms with E-state index in [0.29, 0.717) is 17.0 Å². The summed E-state index contributed by atoms with van der Waals surface area (Å²) in [7, 11) is 1.31. The van der Waals surface area contributed by atoms with E-state index in [9.17, 15) is 9.18 Å². The maximum Gasteiger partial charge on any atom is 0.338 e. The lowest BCUT2D eigenvalue weighted by atomic mass is 10.00. The number of hydrogen-bond donors (Lipinski definition) is 0. The van der Waals surface area contributed by atoms with Gasteiger partial charge in [-0.15, -0.1) is 0 Å². The molecule has 98 valence electrons.